The summed E-state index contributed by atoms with van der Waals surface area (Å²) in [6.45, 7) is 1.04. The second-order valence-corrected chi connectivity index (χ2v) is 8.13. The van der Waals surface area contributed by atoms with Crippen molar-refractivity contribution < 1.29 is 19.0 Å². The van der Waals surface area contributed by atoms with E-state index in [1.165, 1.54) is 23.1 Å². The number of hydrogen-bond donors (Lipinski definition) is 2. The van der Waals surface area contributed by atoms with Gasteiger partial charge in [-0.15, -0.1) is 10.2 Å². The molecule has 0 atom stereocenters. The fourth-order valence-electron chi connectivity index (χ4n) is 2.59. The minimum atomic E-state index is -0.135. The predicted octanol–water partition coefficient (Wildman–Crippen LogP) is 3.79. The molecule has 1 aromatic heterocycles. The molecule has 0 radical (unpaired) electrons. The van der Waals surface area contributed by atoms with Crippen molar-refractivity contribution in [2.24, 2.45) is 0 Å². The van der Waals surface area contributed by atoms with Gasteiger partial charge in [0.2, 0.25) is 11.0 Å². The van der Waals surface area contributed by atoms with Gasteiger partial charge < -0.3 is 24.8 Å². The summed E-state index contributed by atoms with van der Waals surface area (Å²) in [5.74, 6) is 2.17. The van der Waals surface area contributed by atoms with Crippen LogP contribution in [0.2, 0.25) is 0 Å². The third kappa shape index (κ3) is 5.09. The number of methoxy groups -OCH3 is 1. The van der Waals surface area contributed by atoms with E-state index in [-0.39, 0.29) is 11.7 Å². The molecule has 10 heteroatoms. The van der Waals surface area contributed by atoms with Crippen LogP contribution in [-0.4, -0.2) is 42.2 Å². The van der Waals surface area contributed by atoms with Crippen LogP contribution in [-0.2, 0) is 4.79 Å². The van der Waals surface area contributed by atoms with Crippen LogP contribution in [0.1, 0.15) is 0 Å². The number of hydrogen-bond acceptors (Lipinski definition) is 9. The summed E-state index contributed by atoms with van der Waals surface area (Å²) in [4.78, 5) is 12.2. The Labute approximate surface area is 175 Å². The van der Waals surface area contributed by atoms with Crippen molar-refractivity contribution in [3.05, 3.63) is 42.5 Å². The highest BCUT2D eigenvalue weighted by atomic mass is 32.2. The highest BCUT2D eigenvalue weighted by molar-refractivity contribution is 8.01. The first kappa shape index (κ1) is 19.3. The maximum absolute atomic E-state index is 12.2. The lowest BCUT2D eigenvalue weighted by Crippen LogP contribution is -2.17. The Morgan fingerprint density at radius 3 is 2.86 bits per heavy atom. The molecule has 0 bridgehead atoms. The van der Waals surface area contributed by atoms with Crippen LogP contribution in [0, 0.1) is 0 Å². The summed E-state index contributed by atoms with van der Waals surface area (Å²) in [7, 11) is 1.62. The number of carbonyl (C=O) groups is 1. The Balaban J connectivity index is 1.29. The van der Waals surface area contributed by atoms with Gasteiger partial charge in [-0.2, -0.15) is 0 Å². The third-order valence-electron chi connectivity index (χ3n) is 3.88. The Kier molecular flexibility index (Phi) is 6.01. The first-order valence-electron chi connectivity index (χ1n) is 8.76. The standard InChI is InChI=1S/C19H18N4O4S2/c1-25-14-4-2-3-12(9-14)21-18-22-23-19(29-18)28-11-17(24)20-13-5-6-15-16(10-13)27-8-7-26-15/h2-6,9-10H,7-8,11H2,1H3,(H,20,24)(H,21,22). The summed E-state index contributed by atoms with van der Waals surface area (Å²) in [6, 6.07) is 12.9. The van der Waals surface area contributed by atoms with Crippen molar-refractivity contribution >= 4 is 45.5 Å². The number of rotatable bonds is 7. The Hall–Kier alpha value is -2.98. The molecule has 0 saturated carbocycles. The van der Waals surface area contributed by atoms with Crippen LogP contribution in [0.3, 0.4) is 0 Å². The fraction of sp³-hybridized carbons (Fsp3) is 0.211. The highest BCUT2D eigenvalue weighted by Gasteiger charge is 2.13. The van der Waals surface area contributed by atoms with E-state index in [9.17, 15) is 4.79 Å². The van der Waals surface area contributed by atoms with Crippen LogP contribution in [0.5, 0.6) is 17.2 Å². The molecule has 2 heterocycles. The molecule has 1 aliphatic heterocycles. The van der Waals surface area contributed by atoms with Crippen molar-refractivity contribution in [2.45, 2.75) is 4.34 Å². The SMILES string of the molecule is COc1cccc(Nc2nnc(SCC(=O)Nc3ccc4c(c3)OCCO4)s2)c1. The van der Waals surface area contributed by atoms with Gasteiger partial charge >= 0.3 is 0 Å². The van der Waals surface area contributed by atoms with E-state index in [4.69, 9.17) is 14.2 Å². The quantitative estimate of drug-likeness (QED) is 0.547. The maximum atomic E-state index is 12.2. The van der Waals surface area contributed by atoms with Crippen LogP contribution >= 0.6 is 23.1 Å². The number of amides is 1. The molecule has 0 spiro atoms. The molecule has 2 aromatic carbocycles. The van der Waals surface area contributed by atoms with E-state index < -0.39 is 0 Å². The lowest BCUT2D eigenvalue weighted by molar-refractivity contribution is -0.113. The van der Waals surface area contributed by atoms with Crippen molar-refractivity contribution in [3.63, 3.8) is 0 Å². The number of nitrogens with one attached hydrogen (secondary N) is 2. The monoisotopic (exact) mass is 430 g/mol. The largest absolute Gasteiger partial charge is 0.497 e. The lowest BCUT2D eigenvalue weighted by Gasteiger charge is -2.18. The number of thioether (sulfide) groups is 1. The van der Waals surface area contributed by atoms with Crippen LogP contribution in [0.15, 0.2) is 46.8 Å². The van der Waals surface area contributed by atoms with Gasteiger partial charge in [0, 0.05) is 23.5 Å². The van der Waals surface area contributed by atoms with E-state index in [1.807, 2.05) is 24.3 Å². The molecule has 1 aliphatic rings. The predicted molar refractivity (Wildman–Crippen MR) is 113 cm³/mol. The van der Waals surface area contributed by atoms with Gasteiger partial charge in [0.1, 0.15) is 19.0 Å². The zero-order valence-electron chi connectivity index (χ0n) is 15.5. The van der Waals surface area contributed by atoms with Gasteiger partial charge in [0.05, 0.1) is 12.9 Å². The van der Waals surface area contributed by atoms with E-state index >= 15 is 0 Å². The van der Waals surface area contributed by atoms with Gasteiger partial charge in [-0.05, 0) is 24.3 Å². The number of fused-ring (bicyclic) bond motifs is 1. The van der Waals surface area contributed by atoms with Crippen LogP contribution < -0.4 is 24.8 Å². The van der Waals surface area contributed by atoms with Gasteiger partial charge in [0.25, 0.3) is 0 Å². The lowest BCUT2D eigenvalue weighted by atomic mass is 10.2. The Bertz CT molecular complexity index is 1010. The minimum Gasteiger partial charge on any atom is -0.497 e. The van der Waals surface area contributed by atoms with E-state index in [0.29, 0.717) is 39.9 Å². The summed E-state index contributed by atoms with van der Waals surface area (Å²) < 4.78 is 16.9. The second-order valence-electron chi connectivity index (χ2n) is 5.93. The number of anilines is 3. The molecule has 8 nitrogen and oxygen atoms in total. The van der Waals surface area contributed by atoms with E-state index in [2.05, 4.69) is 20.8 Å². The number of carbonyl (C=O) groups excluding carboxylic acids is 1. The minimum absolute atomic E-state index is 0.135. The van der Waals surface area contributed by atoms with Gasteiger partial charge in [-0.25, -0.2) is 0 Å². The molecule has 150 valence electrons. The molecular weight excluding hydrogens is 412 g/mol. The average Bonchev–Trinajstić information content (AvgIpc) is 3.19. The highest BCUT2D eigenvalue weighted by Crippen LogP contribution is 2.33. The van der Waals surface area contributed by atoms with Crippen molar-refractivity contribution in [3.8, 4) is 17.2 Å². The molecule has 3 aromatic rings. The van der Waals surface area contributed by atoms with Crippen molar-refractivity contribution in [1.82, 2.24) is 10.2 Å². The van der Waals surface area contributed by atoms with Crippen LogP contribution in [0.25, 0.3) is 0 Å². The number of benzene rings is 2. The second kappa shape index (κ2) is 9.01. The zero-order valence-corrected chi connectivity index (χ0v) is 17.1. The first-order valence-corrected chi connectivity index (χ1v) is 10.6. The van der Waals surface area contributed by atoms with Crippen LogP contribution in [0.4, 0.5) is 16.5 Å². The molecular formula is C19H18N4O4S2. The molecule has 0 saturated heterocycles. The smallest absolute Gasteiger partial charge is 0.234 e. The normalized spacial score (nSPS) is 12.3. The molecule has 0 fully saturated rings. The molecule has 29 heavy (non-hydrogen) atoms. The van der Waals surface area contributed by atoms with Gasteiger partial charge in [-0.1, -0.05) is 29.2 Å². The van der Waals surface area contributed by atoms with Crippen molar-refractivity contribution in [2.75, 3.05) is 36.7 Å². The average molecular weight is 431 g/mol. The Morgan fingerprint density at radius 1 is 1.14 bits per heavy atom. The molecule has 4 rings (SSSR count). The summed E-state index contributed by atoms with van der Waals surface area (Å²) in [5.41, 5.74) is 1.52. The Morgan fingerprint density at radius 2 is 2.00 bits per heavy atom. The topological polar surface area (TPSA) is 94.6 Å². The van der Waals surface area contributed by atoms with E-state index in [0.717, 1.165) is 11.4 Å². The maximum Gasteiger partial charge on any atom is 0.234 e. The molecule has 0 unspecified atom stereocenters. The van der Waals surface area contributed by atoms with Gasteiger partial charge in [-0.3, -0.25) is 4.79 Å². The molecule has 2 N–H and O–H groups in total. The van der Waals surface area contributed by atoms with Gasteiger partial charge in [0.15, 0.2) is 15.8 Å². The first-order chi connectivity index (χ1) is 14.2. The molecule has 0 aliphatic carbocycles. The number of aromatic nitrogens is 2. The number of nitrogens with zero attached hydrogens (tertiary/aromatic N) is 2. The van der Waals surface area contributed by atoms with Crippen molar-refractivity contribution in [1.29, 1.82) is 0 Å². The van der Waals surface area contributed by atoms with E-state index in [1.54, 1.807) is 25.3 Å². The summed E-state index contributed by atoms with van der Waals surface area (Å²) >= 11 is 2.71. The third-order valence-corrected chi connectivity index (χ3v) is 5.85. The fourth-order valence-corrected chi connectivity index (χ4v) is 4.16. The summed E-state index contributed by atoms with van der Waals surface area (Å²) in [6.07, 6.45) is 0. The zero-order chi connectivity index (χ0) is 20.1. The number of ether oxygens (including phenoxy) is 3. The molecule has 1 amide bonds. The summed E-state index contributed by atoms with van der Waals surface area (Å²) in [5, 5.41) is 14.9.